The summed E-state index contributed by atoms with van der Waals surface area (Å²) in [5, 5.41) is 16.0. The van der Waals surface area contributed by atoms with E-state index < -0.39 is 11.4 Å². The number of likely N-dealkylation sites (tertiary alicyclic amines) is 1. The third-order valence-electron chi connectivity index (χ3n) is 4.06. The van der Waals surface area contributed by atoms with Crippen LogP contribution in [0.3, 0.4) is 0 Å². The second-order valence-corrected chi connectivity index (χ2v) is 6.92. The predicted octanol–water partition coefficient (Wildman–Crippen LogP) is 1.43. The molecule has 0 radical (unpaired) electrons. The number of aromatic amines is 1. The van der Waals surface area contributed by atoms with Gasteiger partial charge in [-0.1, -0.05) is 20.8 Å². The molecule has 0 bridgehead atoms. The van der Waals surface area contributed by atoms with Crippen LogP contribution in [-0.4, -0.2) is 50.2 Å². The number of aliphatic carboxylic acids is 1. The lowest BCUT2D eigenvalue weighted by Crippen LogP contribution is -2.45. The highest BCUT2D eigenvalue weighted by Crippen LogP contribution is 2.31. The number of hydrogen-bond donors (Lipinski definition) is 2. The zero-order chi connectivity index (χ0) is 15.8. The Hall–Kier alpha value is -1.92. The quantitative estimate of drug-likeness (QED) is 0.859. The molecule has 7 nitrogen and oxygen atoms in total. The van der Waals surface area contributed by atoms with E-state index >= 15 is 0 Å². The first-order valence-corrected chi connectivity index (χ1v) is 7.09. The summed E-state index contributed by atoms with van der Waals surface area (Å²) in [6.07, 6.45) is 0.898. The van der Waals surface area contributed by atoms with E-state index in [4.69, 9.17) is 0 Å². The van der Waals surface area contributed by atoms with Gasteiger partial charge >= 0.3 is 5.97 Å². The standard InChI is InChI=1S/C14H22N4O3/c1-13(2,3)11-15-9(16-17-11)10(19)18-7-5-14(4,6-8-18)12(20)21/h5-8H2,1-4H3,(H,20,21)(H,15,16,17). The van der Waals surface area contributed by atoms with Crippen molar-refractivity contribution >= 4 is 11.9 Å². The average molecular weight is 294 g/mol. The molecule has 2 rings (SSSR count). The van der Waals surface area contributed by atoms with Crippen molar-refractivity contribution in [2.75, 3.05) is 13.1 Å². The second kappa shape index (κ2) is 5.13. The molecule has 0 spiro atoms. The molecule has 2 heterocycles. The van der Waals surface area contributed by atoms with Crippen molar-refractivity contribution in [1.82, 2.24) is 20.1 Å². The van der Waals surface area contributed by atoms with Crippen molar-refractivity contribution in [3.63, 3.8) is 0 Å². The average Bonchev–Trinajstić information content (AvgIpc) is 2.88. The van der Waals surface area contributed by atoms with E-state index in [9.17, 15) is 14.7 Å². The number of H-pyrrole nitrogens is 1. The number of piperidine rings is 1. The normalized spacial score (nSPS) is 18.6. The Morgan fingerprint density at radius 3 is 2.29 bits per heavy atom. The molecule has 1 aliphatic heterocycles. The lowest BCUT2D eigenvalue weighted by molar-refractivity contribution is -0.150. The van der Waals surface area contributed by atoms with E-state index in [1.54, 1.807) is 11.8 Å². The van der Waals surface area contributed by atoms with E-state index in [0.29, 0.717) is 31.8 Å². The highest BCUT2D eigenvalue weighted by molar-refractivity contribution is 5.90. The van der Waals surface area contributed by atoms with Gasteiger partial charge in [-0.25, -0.2) is 4.98 Å². The molecule has 116 valence electrons. The van der Waals surface area contributed by atoms with Crippen LogP contribution in [0.4, 0.5) is 0 Å². The van der Waals surface area contributed by atoms with Crippen LogP contribution >= 0.6 is 0 Å². The van der Waals surface area contributed by atoms with Crippen LogP contribution in [0.15, 0.2) is 0 Å². The molecule has 1 saturated heterocycles. The smallest absolute Gasteiger partial charge is 0.309 e. The van der Waals surface area contributed by atoms with Crippen molar-refractivity contribution < 1.29 is 14.7 Å². The summed E-state index contributed by atoms with van der Waals surface area (Å²) in [6, 6.07) is 0. The van der Waals surface area contributed by atoms with Crippen LogP contribution in [0.5, 0.6) is 0 Å². The molecule has 1 aromatic heterocycles. The minimum Gasteiger partial charge on any atom is -0.481 e. The van der Waals surface area contributed by atoms with E-state index in [0.717, 1.165) is 0 Å². The number of carboxylic acids is 1. The summed E-state index contributed by atoms with van der Waals surface area (Å²) in [5.41, 5.74) is -0.943. The number of amides is 1. The molecule has 21 heavy (non-hydrogen) atoms. The molecule has 0 atom stereocenters. The van der Waals surface area contributed by atoms with Crippen molar-refractivity contribution in [3.8, 4) is 0 Å². The summed E-state index contributed by atoms with van der Waals surface area (Å²) in [7, 11) is 0. The van der Waals surface area contributed by atoms with E-state index in [2.05, 4.69) is 15.2 Å². The fourth-order valence-electron chi connectivity index (χ4n) is 2.25. The van der Waals surface area contributed by atoms with E-state index in [-0.39, 0.29) is 17.1 Å². The molecule has 1 fully saturated rings. The number of aromatic nitrogens is 3. The summed E-state index contributed by atoms with van der Waals surface area (Å²) in [5.74, 6) is -0.228. The van der Waals surface area contributed by atoms with E-state index in [1.807, 2.05) is 20.8 Å². The monoisotopic (exact) mass is 294 g/mol. The minimum atomic E-state index is -0.803. The van der Waals surface area contributed by atoms with Gasteiger partial charge in [-0.2, -0.15) is 0 Å². The minimum absolute atomic E-state index is 0.152. The Bertz CT molecular complexity index is 551. The summed E-state index contributed by atoms with van der Waals surface area (Å²) in [6.45, 7) is 8.52. The van der Waals surface area contributed by atoms with Gasteiger partial charge in [-0.05, 0) is 19.8 Å². The van der Waals surface area contributed by atoms with Gasteiger partial charge in [0.05, 0.1) is 5.41 Å². The zero-order valence-corrected chi connectivity index (χ0v) is 12.9. The molecule has 0 saturated carbocycles. The molecule has 0 unspecified atom stereocenters. The first-order chi connectivity index (χ1) is 9.63. The van der Waals surface area contributed by atoms with Gasteiger partial charge in [0, 0.05) is 18.5 Å². The fraction of sp³-hybridized carbons (Fsp3) is 0.714. The number of nitrogens with one attached hydrogen (secondary N) is 1. The Balaban J connectivity index is 2.06. The highest BCUT2D eigenvalue weighted by Gasteiger charge is 2.38. The maximum absolute atomic E-state index is 12.4. The van der Waals surface area contributed by atoms with Crippen molar-refractivity contribution in [3.05, 3.63) is 11.6 Å². The molecule has 0 aliphatic carbocycles. The third-order valence-corrected chi connectivity index (χ3v) is 4.06. The first-order valence-electron chi connectivity index (χ1n) is 7.09. The third kappa shape index (κ3) is 3.06. The van der Waals surface area contributed by atoms with Gasteiger partial charge in [0.15, 0.2) is 0 Å². The highest BCUT2D eigenvalue weighted by atomic mass is 16.4. The van der Waals surface area contributed by atoms with Crippen molar-refractivity contribution in [1.29, 1.82) is 0 Å². The lowest BCUT2D eigenvalue weighted by Gasteiger charge is -2.35. The van der Waals surface area contributed by atoms with Crippen LogP contribution in [0, 0.1) is 5.41 Å². The Labute approximate surface area is 123 Å². The molecule has 7 heteroatoms. The predicted molar refractivity (Wildman–Crippen MR) is 76.0 cm³/mol. The molecule has 1 amide bonds. The van der Waals surface area contributed by atoms with Crippen LogP contribution in [0.2, 0.25) is 0 Å². The maximum atomic E-state index is 12.4. The van der Waals surface area contributed by atoms with Gasteiger partial charge in [0.2, 0.25) is 5.82 Å². The van der Waals surface area contributed by atoms with Gasteiger partial charge in [0.25, 0.3) is 5.91 Å². The van der Waals surface area contributed by atoms with Crippen LogP contribution in [0.25, 0.3) is 0 Å². The topological polar surface area (TPSA) is 99.2 Å². The van der Waals surface area contributed by atoms with Gasteiger partial charge in [-0.15, -0.1) is 5.10 Å². The summed E-state index contributed by atoms with van der Waals surface area (Å²) < 4.78 is 0. The molecular weight excluding hydrogens is 272 g/mol. The zero-order valence-electron chi connectivity index (χ0n) is 12.9. The number of carbonyl (C=O) groups excluding carboxylic acids is 1. The number of nitrogens with zero attached hydrogens (tertiary/aromatic N) is 3. The molecule has 1 aromatic rings. The number of carboxylic acid groups (broad SMARTS) is 1. The summed E-state index contributed by atoms with van der Waals surface area (Å²) >= 11 is 0. The molecular formula is C14H22N4O3. The Morgan fingerprint density at radius 2 is 1.86 bits per heavy atom. The van der Waals surface area contributed by atoms with Crippen LogP contribution in [-0.2, 0) is 10.2 Å². The molecule has 1 aliphatic rings. The van der Waals surface area contributed by atoms with E-state index in [1.165, 1.54) is 0 Å². The second-order valence-electron chi connectivity index (χ2n) is 6.92. The van der Waals surface area contributed by atoms with Gasteiger partial charge < -0.3 is 10.0 Å². The maximum Gasteiger partial charge on any atom is 0.309 e. The lowest BCUT2D eigenvalue weighted by atomic mass is 9.80. The Morgan fingerprint density at radius 1 is 1.29 bits per heavy atom. The SMILES string of the molecule is CC1(C(=O)O)CCN(C(=O)c2n[nH]c(C(C)(C)C)n2)CC1. The molecule has 2 N–H and O–H groups in total. The van der Waals surface area contributed by atoms with Crippen molar-refractivity contribution in [2.24, 2.45) is 5.41 Å². The number of rotatable bonds is 2. The first kappa shape index (κ1) is 15.5. The Kier molecular flexibility index (Phi) is 3.78. The fourth-order valence-corrected chi connectivity index (χ4v) is 2.25. The van der Waals surface area contributed by atoms with Gasteiger partial charge in [-0.3, -0.25) is 14.7 Å². The van der Waals surface area contributed by atoms with Crippen LogP contribution < -0.4 is 0 Å². The molecule has 0 aromatic carbocycles. The van der Waals surface area contributed by atoms with Crippen LogP contribution in [0.1, 0.15) is 57.0 Å². The van der Waals surface area contributed by atoms with Gasteiger partial charge in [0.1, 0.15) is 5.82 Å². The van der Waals surface area contributed by atoms with Crippen molar-refractivity contribution in [2.45, 2.75) is 46.0 Å². The number of hydrogen-bond acceptors (Lipinski definition) is 4. The summed E-state index contributed by atoms with van der Waals surface area (Å²) in [4.78, 5) is 29.4. The number of carbonyl (C=O) groups is 2. The largest absolute Gasteiger partial charge is 0.481 e.